The fourth-order valence-electron chi connectivity index (χ4n) is 2.08. The molecule has 54 valence electrons. The molecule has 0 saturated carbocycles. The molecular formula is C8H11NO. The summed E-state index contributed by atoms with van der Waals surface area (Å²) in [5, 5.41) is 8.45. The molecule has 0 aliphatic carbocycles. The van der Waals surface area contributed by atoms with Gasteiger partial charge in [-0.25, -0.2) is 0 Å². The second-order valence-corrected chi connectivity index (χ2v) is 3.23. The Morgan fingerprint density at radius 2 is 2.40 bits per heavy atom. The fourth-order valence-corrected chi connectivity index (χ4v) is 2.08. The van der Waals surface area contributed by atoms with Crippen LogP contribution in [0.4, 0.5) is 0 Å². The van der Waals surface area contributed by atoms with Crippen molar-refractivity contribution in [2.24, 2.45) is 5.92 Å². The minimum atomic E-state index is 0.435. The van der Waals surface area contributed by atoms with Crippen LogP contribution in [-0.4, -0.2) is 12.2 Å². The molecule has 2 aliphatic heterocycles. The summed E-state index contributed by atoms with van der Waals surface area (Å²) in [4.78, 5) is 0. The predicted molar refractivity (Wildman–Crippen MR) is 36.2 cm³/mol. The van der Waals surface area contributed by atoms with Gasteiger partial charge < -0.3 is 4.74 Å². The van der Waals surface area contributed by atoms with Crippen molar-refractivity contribution in [1.29, 1.82) is 5.26 Å². The Labute approximate surface area is 60.8 Å². The molecular weight excluding hydrogens is 126 g/mol. The summed E-state index contributed by atoms with van der Waals surface area (Å²) in [6.07, 6.45) is 5.19. The Morgan fingerprint density at radius 3 is 2.90 bits per heavy atom. The number of ether oxygens (including phenoxy) is 1. The monoisotopic (exact) mass is 137 g/mol. The van der Waals surface area contributed by atoms with Gasteiger partial charge in [0, 0.05) is 12.3 Å². The van der Waals surface area contributed by atoms with Crippen molar-refractivity contribution in [2.45, 2.75) is 37.9 Å². The lowest BCUT2D eigenvalue weighted by Crippen LogP contribution is -2.15. The Kier molecular flexibility index (Phi) is 1.39. The topological polar surface area (TPSA) is 33.0 Å². The maximum absolute atomic E-state index is 8.45. The van der Waals surface area contributed by atoms with E-state index in [1.165, 1.54) is 12.8 Å². The molecule has 2 aliphatic rings. The normalized spacial score (nSPS) is 43.7. The zero-order valence-electron chi connectivity index (χ0n) is 5.92. The van der Waals surface area contributed by atoms with E-state index in [0.717, 1.165) is 6.42 Å². The molecule has 0 spiro atoms. The van der Waals surface area contributed by atoms with E-state index in [0.29, 0.717) is 24.5 Å². The third-order valence-corrected chi connectivity index (χ3v) is 2.59. The SMILES string of the molecule is N#CCC1CC2CCC1O2. The Bertz CT molecular complexity index is 173. The minimum Gasteiger partial charge on any atom is -0.375 e. The Balaban J connectivity index is 1.97. The number of fused-ring (bicyclic) bond motifs is 2. The summed E-state index contributed by atoms with van der Waals surface area (Å²) in [7, 11) is 0. The molecule has 0 radical (unpaired) electrons. The highest BCUT2D eigenvalue weighted by Crippen LogP contribution is 2.39. The van der Waals surface area contributed by atoms with Gasteiger partial charge in [-0.05, 0) is 19.3 Å². The first kappa shape index (κ1) is 6.18. The smallest absolute Gasteiger partial charge is 0.0625 e. The highest BCUT2D eigenvalue weighted by molar-refractivity contribution is 4.93. The molecule has 3 atom stereocenters. The van der Waals surface area contributed by atoms with Gasteiger partial charge in [0.2, 0.25) is 0 Å². The summed E-state index contributed by atoms with van der Waals surface area (Å²) in [6, 6.07) is 2.21. The second-order valence-electron chi connectivity index (χ2n) is 3.23. The van der Waals surface area contributed by atoms with E-state index >= 15 is 0 Å². The molecule has 2 heteroatoms. The van der Waals surface area contributed by atoms with Crippen LogP contribution >= 0.6 is 0 Å². The average molecular weight is 137 g/mol. The van der Waals surface area contributed by atoms with Gasteiger partial charge in [-0.3, -0.25) is 0 Å². The quantitative estimate of drug-likeness (QED) is 0.548. The number of nitrogens with zero attached hydrogens (tertiary/aromatic N) is 1. The number of hydrogen-bond donors (Lipinski definition) is 0. The number of rotatable bonds is 1. The zero-order valence-corrected chi connectivity index (χ0v) is 5.92. The molecule has 3 unspecified atom stereocenters. The van der Waals surface area contributed by atoms with Crippen LogP contribution in [0.2, 0.25) is 0 Å². The van der Waals surface area contributed by atoms with Gasteiger partial charge in [0.05, 0.1) is 18.3 Å². The molecule has 0 amide bonds. The third-order valence-electron chi connectivity index (χ3n) is 2.59. The Hall–Kier alpha value is -0.550. The first-order valence-electron chi connectivity index (χ1n) is 3.92. The van der Waals surface area contributed by atoms with Crippen molar-refractivity contribution >= 4 is 0 Å². The molecule has 0 N–H and O–H groups in total. The van der Waals surface area contributed by atoms with Crippen LogP contribution in [0, 0.1) is 17.2 Å². The van der Waals surface area contributed by atoms with Crippen LogP contribution in [0.1, 0.15) is 25.7 Å². The van der Waals surface area contributed by atoms with Crippen molar-refractivity contribution in [3.05, 3.63) is 0 Å². The average Bonchev–Trinajstić information content (AvgIpc) is 2.48. The van der Waals surface area contributed by atoms with Crippen LogP contribution in [0.25, 0.3) is 0 Å². The highest BCUT2D eigenvalue weighted by atomic mass is 16.5. The van der Waals surface area contributed by atoms with Crippen molar-refractivity contribution in [3.8, 4) is 6.07 Å². The van der Waals surface area contributed by atoms with Gasteiger partial charge in [0.25, 0.3) is 0 Å². The lowest BCUT2D eigenvalue weighted by molar-refractivity contribution is 0.0931. The van der Waals surface area contributed by atoms with Gasteiger partial charge in [-0.1, -0.05) is 0 Å². The van der Waals surface area contributed by atoms with Gasteiger partial charge in [0.15, 0.2) is 0 Å². The molecule has 2 rings (SSSR count). The molecule has 0 aromatic heterocycles. The van der Waals surface area contributed by atoms with E-state index in [2.05, 4.69) is 6.07 Å². The largest absolute Gasteiger partial charge is 0.375 e. The lowest BCUT2D eigenvalue weighted by Gasteiger charge is -2.13. The zero-order chi connectivity index (χ0) is 6.97. The summed E-state index contributed by atoms with van der Waals surface area (Å²) in [6.45, 7) is 0. The van der Waals surface area contributed by atoms with Crippen LogP contribution < -0.4 is 0 Å². The maximum atomic E-state index is 8.45. The predicted octanol–water partition coefficient (Wildman–Crippen LogP) is 1.47. The molecule has 2 nitrogen and oxygen atoms in total. The fraction of sp³-hybridized carbons (Fsp3) is 0.875. The third kappa shape index (κ3) is 0.819. The van der Waals surface area contributed by atoms with Crippen LogP contribution in [0.3, 0.4) is 0 Å². The molecule has 2 fully saturated rings. The lowest BCUT2D eigenvalue weighted by atomic mass is 9.87. The van der Waals surface area contributed by atoms with Crippen molar-refractivity contribution in [1.82, 2.24) is 0 Å². The van der Waals surface area contributed by atoms with E-state index in [1.54, 1.807) is 0 Å². The first-order chi connectivity index (χ1) is 4.90. The van der Waals surface area contributed by atoms with Gasteiger partial charge in [-0.15, -0.1) is 0 Å². The first-order valence-corrected chi connectivity index (χ1v) is 3.92. The van der Waals surface area contributed by atoms with Gasteiger partial charge in [-0.2, -0.15) is 5.26 Å². The van der Waals surface area contributed by atoms with Gasteiger partial charge >= 0.3 is 0 Å². The molecule has 2 saturated heterocycles. The van der Waals surface area contributed by atoms with Gasteiger partial charge in [0.1, 0.15) is 0 Å². The highest BCUT2D eigenvalue weighted by Gasteiger charge is 2.40. The van der Waals surface area contributed by atoms with Crippen molar-refractivity contribution in [2.75, 3.05) is 0 Å². The standard InChI is InChI=1S/C8H11NO/c9-4-3-6-5-7-1-2-8(6)10-7/h6-8H,1-3,5H2. The van der Waals surface area contributed by atoms with E-state index in [-0.39, 0.29) is 0 Å². The van der Waals surface area contributed by atoms with E-state index in [4.69, 9.17) is 10.00 Å². The molecule has 0 aromatic rings. The summed E-state index contributed by atoms with van der Waals surface area (Å²) < 4.78 is 5.59. The molecule has 10 heavy (non-hydrogen) atoms. The minimum absolute atomic E-state index is 0.435. The second kappa shape index (κ2) is 2.25. The summed E-state index contributed by atoms with van der Waals surface area (Å²) in [5.74, 6) is 0.559. The van der Waals surface area contributed by atoms with E-state index in [9.17, 15) is 0 Å². The molecule has 0 aromatic carbocycles. The maximum Gasteiger partial charge on any atom is 0.0625 e. The van der Waals surface area contributed by atoms with E-state index < -0.39 is 0 Å². The van der Waals surface area contributed by atoms with Crippen LogP contribution in [-0.2, 0) is 4.74 Å². The van der Waals surface area contributed by atoms with Crippen molar-refractivity contribution in [3.63, 3.8) is 0 Å². The number of nitriles is 1. The van der Waals surface area contributed by atoms with Crippen molar-refractivity contribution < 1.29 is 4.74 Å². The summed E-state index contributed by atoms with van der Waals surface area (Å²) >= 11 is 0. The molecule has 2 bridgehead atoms. The number of hydrogen-bond acceptors (Lipinski definition) is 2. The van der Waals surface area contributed by atoms with E-state index in [1.807, 2.05) is 0 Å². The van der Waals surface area contributed by atoms with Crippen LogP contribution in [0.5, 0.6) is 0 Å². The molecule has 2 heterocycles. The summed E-state index contributed by atoms with van der Waals surface area (Å²) in [5.41, 5.74) is 0. The van der Waals surface area contributed by atoms with Crippen LogP contribution in [0.15, 0.2) is 0 Å². The Morgan fingerprint density at radius 1 is 1.50 bits per heavy atom.